The van der Waals surface area contributed by atoms with Gasteiger partial charge in [-0.25, -0.2) is 4.79 Å². The molecule has 1 aliphatic heterocycles. The molecule has 19 heavy (non-hydrogen) atoms. The minimum atomic E-state index is -0.491. The van der Waals surface area contributed by atoms with Gasteiger partial charge in [-0.05, 0) is 20.8 Å². The highest BCUT2D eigenvalue weighted by Gasteiger charge is 2.26. The lowest BCUT2D eigenvalue weighted by atomic mass is 10.2. The molecular weight excluding hydrogens is 246 g/mol. The molecule has 1 aliphatic rings. The summed E-state index contributed by atoms with van der Waals surface area (Å²) in [5, 5.41) is 15.0. The van der Waals surface area contributed by atoms with Crippen molar-refractivity contribution in [2.24, 2.45) is 5.73 Å². The second-order valence-corrected chi connectivity index (χ2v) is 5.60. The number of hydrogen-bond acceptors (Lipinski definition) is 4. The van der Waals surface area contributed by atoms with E-state index < -0.39 is 5.60 Å². The maximum absolute atomic E-state index is 11.8. The van der Waals surface area contributed by atoms with E-state index in [1.54, 1.807) is 4.90 Å². The van der Waals surface area contributed by atoms with Crippen molar-refractivity contribution >= 4 is 17.8 Å². The van der Waals surface area contributed by atoms with Crippen LogP contribution in [0.3, 0.4) is 0 Å². The first kappa shape index (κ1) is 15.3. The molecule has 0 unspecified atom stereocenters. The Labute approximate surface area is 113 Å². The molecule has 0 saturated carbocycles. The summed E-state index contributed by atoms with van der Waals surface area (Å²) < 4.78 is 5.30. The van der Waals surface area contributed by atoms with Crippen LogP contribution in [-0.4, -0.2) is 59.3 Å². The number of carbonyl (C=O) groups excluding carboxylic acids is 1. The van der Waals surface area contributed by atoms with Crippen LogP contribution < -0.4 is 5.73 Å². The number of carbonyl (C=O) groups is 1. The van der Waals surface area contributed by atoms with Gasteiger partial charge in [0.25, 0.3) is 0 Å². The molecule has 108 valence electrons. The molecule has 0 atom stereocenters. The van der Waals surface area contributed by atoms with Crippen molar-refractivity contribution < 1.29 is 9.53 Å². The molecule has 0 radical (unpaired) electrons. The summed E-state index contributed by atoms with van der Waals surface area (Å²) in [7, 11) is 0. The number of hydrogen-bond donors (Lipinski definition) is 3. The standard InChI is InChI=1S/C12H23N5O2/c1-12(2,3)19-11(18)17-6-4-16(5-7-17)10(15)8-9(13)14/h15H,4-8H2,1-3H3,(H3,13,14). The number of nitrogens with two attached hydrogens (primary N) is 1. The molecule has 1 heterocycles. The predicted molar refractivity (Wildman–Crippen MR) is 73.6 cm³/mol. The van der Waals surface area contributed by atoms with Gasteiger partial charge in [-0.1, -0.05) is 0 Å². The fourth-order valence-electron chi connectivity index (χ4n) is 1.78. The summed E-state index contributed by atoms with van der Waals surface area (Å²) in [5.41, 5.74) is 4.79. The van der Waals surface area contributed by atoms with Gasteiger partial charge in [0.1, 0.15) is 11.4 Å². The lowest BCUT2D eigenvalue weighted by Gasteiger charge is -2.36. The number of piperazine rings is 1. The van der Waals surface area contributed by atoms with E-state index >= 15 is 0 Å². The first-order valence-electron chi connectivity index (χ1n) is 6.32. The van der Waals surface area contributed by atoms with Crippen molar-refractivity contribution in [2.45, 2.75) is 32.8 Å². The number of amidine groups is 2. The zero-order valence-corrected chi connectivity index (χ0v) is 11.8. The van der Waals surface area contributed by atoms with Gasteiger partial charge in [0.15, 0.2) is 0 Å². The number of nitrogens with zero attached hydrogens (tertiary/aromatic N) is 2. The molecule has 7 nitrogen and oxygen atoms in total. The fourth-order valence-corrected chi connectivity index (χ4v) is 1.78. The van der Waals surface area contributed by atoms with Gasteiger partial charge in [-0.2, -0.15) is 0 Å². The van der Waals surface area contributed by atoms with E-state index in [0.717, 1.165) is 0 Å². The van der Waals surface area contributed by atoms with Gasteiger partial charge in [0.2, 0.25) is 0 Å². The molecule has 1 rings (SSSR count). The lowest BCUT2D eigenvalue weighted by molar-refractivity contribution is 0.0186. The summed E-state index contributed by atoms with van der Waals surface area (Å²) in [6, 6.07) is 0. The Balaban J connectivity index is 2.42. The van der Waals surface area contributed by atoms with Crippen LogP contribution in [0.2, 0.25) is 0 Å². The monoisotopic (exact) mass is 269 g/mol. The lowest BCUT2D eigenvalue weighted by Crippen LogP contribution is -2.51. The molecule has 4 N–H and O–H groups in total. The third-order valence-corrected chi connectivity index (χ3v) is 2.67. The van der Waals surface area contributed by atoms with Gasteiger partial charge in [0, 0.05) is 26.2 Å². The molecule has 1 saturated heterocycles. The van der Waals surface area contributed by atoms with Crippen LogP contribution in [0.4, 0.5) is 4.79 Å². The average Bonchev–Trinajstić information content (AvgIpc) is 2.26. The Morgan fingerprint density at radius 3 is 2.05 bits per heavy atom. The summed E-state index contributed by atoms with van der Waals surface area (Å²) in [6.45, 7) is 7.71. The fraction of sp³-hybridized carbons (Fsp3) is 0.750. The molecule has 1 amide bonds. The maximum atomic E-state index is 11.8. The van der Waals surface area contributed by atoms with Crippen LogP contribution in [0.25, 0.3) is 0 Å². The number of rotatable bonds is 2. The smallest absolute Gasteiger partial charge is 0.410 e. The van der Waals surface area contributed by atoms with Crippen molar-refractivity contribution in [1.29, 1.82) is 10.8 Å². The van der Waals surface area contributed by atoms with Crippen LogP contribution in [-0.2, 0) is 4.74 Å². The van der Waals surface area contributed by atoms with Crippen LogP contribution in [0, 0.1) is 10.8 Å². The molecule has 0 aromatic rings. The Kier molecular flexibility index (Phi) is 4.74. The van der Waals surface area contributed by atoms with Crippen LogP contribution in [0.5, 0.6) is 0 Å². The third-order valence-electron chi connectivity index (χ3n) is 2.67. The van der Waals surface area contributed by atoms with Crippen molar-refractivity contribution in [3.8, 4) is 0 Å². The SMILES string of the molecule is CC(C)(C)OC(=O)N1CCN(C(=N)CC(=N)N)CC1. The van der Waals surface area contributed by atoms with Crippen molar-refractivity contribution in [3.63, 3.8) is 0 Å². The van der Waals surface area contributed by atoms with E-state index in [1.807, 2.05) is 25.7 Å². The Morgan fingerprint density at radius 1 is 1.16 bits per heavy atom. The van der Waals surface area contributed by atoms with Gasteiger partial charge in [-0.15, -0.1) is 0 Å². The van der Waals surface area contributed by atoms with Gasteiger partial charge < -0.3 is 20.3 Å². The first-order chi connectivity index (χ1) is 8.69. The second-order valence-electron chi connectivity index (χ2n) is 5.60. The largest absolute Gasteiger partial charge is 0.444 e. The molecule has 0 bridgehead atoms. The molecular formula is C12H23N5O2. The highest BCUT2D eigenvalue weighted by atomic mass is 16.6. The quantitative estimate of drug-likeness (QED) is 0.510. The predicted octanol–water partition coefficient (Wildman–Crippen LogP) is 0.842. The number of nitrogens with one attached hydrogen (secondary N) is 2. The highest BCUT2D eigenvalue weighted by Crippen LogP contribution is 2.12. The van der Waals surface area contributed by atoms with E-state index in [-0.39, 0.29) is 18.3 Å². The van der Waals surface area contributed by atoms with Gasteiger partial charge in [-0.3, -0.25) is 10.8 Å². The number of amides is 1. The average molecular weight is 269 g/mol. The van der Waals surface area contributed by atoms with E-state index in [2.05, 4.69) is 0 Å². The Morgan fingerprint density at radius 2 is 1.63 bits per heavy atom. The van der Waals surface area contributed by atoms with Crippen molar-refractivity contribution in [2.75, 3.05) is 26.2 Å². The van der Waals surface area contributed by atoms with Crippen molar-refractivity contribution in [1.82, 2.24) is 9.80 Å². The minimum Gasteiger partial charge on any atom is -0.444 e. The zero-order valence-electron chi connectivity index (χ0n) is 11.8. The molecule has 0 aliphatic carbocycles. The topological polar surface area (TPSA) is 106 Å². The van der Waals surface area contributed by atoms with Crippen molar-refractivity contribution in [3.05, 3.63) is 0 Å². The first-order valence-corrected chi connectivity index (χ1v) is 6.32. The van der Waals surface area contributed by atoms with E-state index in [1.165, 1.54) is 0 Å². The molecule has 1 fully saturated rings. The van der Waals surface area contributed by atoms with Gasteiger partial charge in [0.05, 0.1) is 12.3 Å². The second kappa shape index (κ2) is 5.90. The zero-order chi connectivity index (χ0) is 14.6. The normalized spacial score (nSPS) is 16.2. The van der Waals surface area contributed by atoms with Crippen LogP contribution >= 0.6 is 0 Å². The van der Waals surface area contributed by atoms with E-state index in [0.29, 0.717) is 32.0 Å². The van der Waals surface area contributed by atoms with Crippen LogP contribution in [0.1, 0.15) is 27.2 Å². The summed E-state index contributed by atoms with van der Waals surface area (Å²) in [4.78, 5) is 15.3. The highest BCUT2D eigenvalue weighted by molar-refractivity contribution is 5.98. The summed E-state index contributed by atoms with van der Waals surface area (Å²) in [5.74, 6) is 0.316. The van der Waals surface area contributed by atoms with Crippen LogP contribution in [0.15, 0.2) is 0 Å². The summed E-state index contributed by atoms with van der Waals surface area (Å²) in [6.07, 6.45) is -0.155. The summed E-state index contributed by atoms with van der Waals surface area (Å²) >= 11 is 0. The van der Waals surface area contributed by atoms with Gasteiger partial charge >= 0.3 is 6.09 Å². The Hall–Kier alpha value is -1.79. The maximum Gasteiger partial charge on any atom is 0.410 e. The van der Waals surface area contributed by atoms with E-state index in [4.69, 9.17) is 21.3 Å². The Bertz CT molecular complexity index is 367. The number of ether oxygens (including phenoxy) is 1. The molecule has 0 spiro atoms. The minimum absolute atomic E-state index is 0.0143. The molecule has 7 heteroatoms. The third kappa shape index (κ3) is 5.15. The molecule has 0 aromatic heterocycles. The molecule has 0 aromatic carbocycles. The van der Waals surface area contributed by atoms with E-state index in [9.17, 15) is 4.79 Å².